The summed E-state index contributed by atoms with van der Waals surface area (Å²) in [6.45, 7) is 2.65. The summed E-state index contributed by atoms with van der Waals surface area (Å²) in [4.78, 5) is 23.0. The van der Waals surface area contributed by atoms with Crippen molar-refractivity contribution in [2.75, 3.05) is 26.4 Å². The van der Waals surface area contributed by atoms with Gasteiger partial charge in [-0.15, -0.1) is 0 Å². The van der Waals surface area contributed by atoms with Crippen LogP contribution < -0.4 is 14.8 Å². The van der Waals surface area contributed by atoms with Gasteiger partial charge < -0.3 is 24.6 Å². The number of carboxylic acids is 1. The molecule has 0 aromatic heterocycles. The molecule has 1 aliphatic carbocycles. The lowest BCUT2D eigenvalue weighted by Gasteiger charge is -2.16. The van der Waals surface area contributed by atoms with Crippen molar-refractivity contribution in [2.24, 2.45) is 0 Å². The molecule has 0 bridgehead atoms. The highest BCUT2D eigenvalue weighted by Gasteiger charge is 2.14. The summed E-state index contributed by atoms with van der Waals surface area (Å²) in [5.41, 5.74) is 0.426. The van der Waals surface area contributed by atoms with Crippen LogP contribution in [0.5, 0.6) is 11.5 Å². The molecule has 0 spiro atoms. The molecular formula is C20H29NO6. The number of nitrogens with one attached hydrogen (secondary N) is 1. The normalized spacial score (nSPS) is 15.0. The van der Waals surface area contributed by atoms with E-state index >= 15 is 0 Å². The SMILES string of the molecule is CCOc1cc(C(=O)NCCOC2CCCCCC2)ccc1OCC(=O)O. The lowest BCUT2D eigenvalue weighted by Crippen LogP contribution is -2.28. The van der Waals surface area contributed by atoms with E-state index in [0.29, 0.717) is 42.9 Å². The van der Waals surface area contributed by atoms with Gasteiger partial charge >= 0.3 is 5.97 Å². The molecule has 7 nitrogen and oxygen atoms in total. The predicted molar refractivity (Wildman–Crippen MR) is 101 cm³/mol. The van der Waals surface area contributed by atoms with Crippen molar-refractivity contribution >= 4 is 11.9 Å². The quantitative estimate of drug-likeness (QED) is 0.479. The first-order chi connectivity index (χ1) is 13.1. The summed E-state index contributed by atoms with van der Waals surface area (Å²) < 4.78 is 16.5. The van der Waals surface area contributed by atoms with Crippen molar-refractivity contribution in [2.45, 2.75) is 51.6 Å². The molecule has 150 valence electrons. The second-order valence-corrected chi connectivity index (χ2v) is 6.52. The van der Waals surface area contributed by atoms with Gasteiger partial charge in [-0.3, -0.25) is 4.79 Å². The highest BCUT2D eigenvalue weighted by Crippen LogP contribution is 2.28. The standard InChI is InChI=1S/C20H29NO6/c1-2-25-18-13-15(9-10-17(18)27-14-19(22)23)20(24)21-11-12-26-16-7-5-3-4-6-8-16/h9-10,13,16H,2-8,11-12,14H2,1H3,(H,21,24)(H,22,23). The van der Waals surface area contributed by atoms with Crippen LogP contribution in [0.4, 0.5) is 0 Å². The largest absolute Gasteiger partial charge is 0.490 e. The molecule has 27 heavy (non-hydrogen) atoms. The molecule has 1 saturated carbocycles. The Kier molecular flexibility index (Phi) is 8.91. The number of carbonyl (C=O) groups is 2. The number of benzene rings is 1. The van der Waals surface area contributed by atoms with Crippen LogP contribution in [0.25, 0.3) is 0 Å². The summed E-state index contributed by atoms with van der Waals surface area (Å²) in [6.07, 6.45) is 7.50. The van der Waals surface area contributed by atoms with E-state index in [-0.39, 0.29) is 5.91 Å². The van der Waals surface area contributed by atoms with Crippen LogP contribution in [0, 0.1) is 0 Å². The molecule has 2 N–H and O–H groups in total. The van der Waals surface area contributed by atoms with Crippen LogP contribution in [0.15, 0.2) is 18.2 Å². The molecule has 1 aromatic carbocycles. The first-order valence-corrected chi connectivity index (χ1v) is 9.61. The topological polar surface area (TPSA) is 94.1 Å². The van der Waals surface area contributed by atoms with Gasteiger partial charge in [-0.1, -0.05) is 25.7 Å². The van der Waals surface area contributed by atoms with Gasteiger partial charge in [-0.25, -0.2) is 4.79 Å². The molecule has 1 fully saturated rings. The van der Waals surface area contributed by atoms with Crippen molar-refractivity contribution in [3.8, 4) is 11.5 Å². The number of rotatable bonds is 10. The van der Waals surface area contributed by atoms with Crippen molar-refractivity contribution in [1.82, 2.24) is 5.32 Å². The average molecular weight is 379 g/mol. The molecule has 0 aliphatic heterocycles. The average Bonchev–Trinajstić information content (AvgIpc) is 2.93. The fourth-order valence-electron chi connectivity index (χ4n) is 3.08. The maximum atomic E-state index is 12.3. The van der Waals surface area contributed by atoms with Crippen molar-refractivity contribution in [3.05, 3.63) is 23.8 Å². The van der Waals surface area contributed by atoms with Crippen LogP contribution in [0.1, 0.15) is 55.8 Å². The van der Waals surface area contributed by atoms with E-state index < -0.39 is 12.6 Å². The highest BCUT2D eigenvalue weighted by atomic mass is 16.5. The van der Waals surface area contributed by atoms with E-state index in [1.54, 1.807) is 25.1 Å². The number of hydrogen-bond donors (Lipinski definition) is 2. The number of hydrogen-bond acceptors (Lipinski definition) is 5. The molecular weight excluding hydrogens is 350 g/mol. The second-order valence-electron chi connectivity index (χ2n) is 6.52. The van der Waals surface area contributed by atoms with Crippen molar-refractivity contribution in [3.63, 3.8) is 0 Å². The molecule has 1 aliphatic rings. The van der Waals surface area contributed by atoms with E-state index in [9.17, 15) is 9.59 Å². The molecule has 0 saturated heterocycles. The van der Waals surface area contributed by atoms with Crippen LogP contribution in [-0.4, -0.2) is 49.5 Å². The Hall–Kier alpha value is -2.28. The van der Waals surface area contributed by atoms with Crippen LogP contribution in [0.3, 0.4) is 0 Å². The number of carbonyl (C=O) groups excluding carboxylic acids is 1. The molecule has 1 aromatic rings. The zero-order valence-corrected chi connectivity index (χ0v) is 15.9. The summed E-state index contributed by atoms with van der Waals surface area (Å²) in [5, 5.41) is 11.6. The zero-order valence-electron chi connectivity index (χ0n) is 15.9. The van der Waals surface area contributed by atoms with Gasteiger partial charge in [0.15, 0.2) is 18.1 Å². The number of amides is 1. The number of aliphatic carboxylic acids is 1. The zero-order chi connectivity index (χ0) is 19.5. The molecule has 0 radical (unpaired) electrons. The van der Waals surface area contributed by atoms with E-state index in [1.165, 1.54) is 25.7 Å². The van der Waals surface area contributed by atoms with Gasteiger partial charge in [-0.2, -0.15) is 0 Å². The third kappa shape index (κ3) is 7.46. The summed E-state index contributed by atoms with van der Waals surface area (Å²) >= 11 is 0. The molecule has 0 atom stereocenters. The Balaban J connectivity index is 1.83. The van der Waals surface area contributed by atoms with Crippen LogP contribution in [-0.2, 0) is 9.53 Å². The van der Waals surface area contributed by atoms with E-state index in [2.05, 4.69) is 5.32 Å². The fraction of sp³-hybridized carbons (Fsp3) is 0.600. The van der Waals surface area contributed by atoms with Crippen LogP contribution in [0.2, 0.25) is 0 Å². The molecule has 7 heteroatoms. The van der Waals surface area contributed by atoms with Gasteiger partial charge in [0.25, 0.3) is 5.91 Å². The predicted octanol–water partition coefficient (Wildman–Crippen LogP) is 3.02. The van der Waals surface area contributed by atoms with Gasteiger partial charge in [0.05, 0.1) is 19.3 Å². The highest BCUT2D eigenvalue weighted by molar-refractivity contribution is 5.94. The monoisotopic (exact) mass is 379 g/mol. The second kappa shape index (κ2) is 11.4. The lowest BCUT2D eigenvalue weighted by molar-refractivity contribution is -0.139. The summed E-state index contributed by atoms with van der Waals surface area (Å²) in [5.74, 6) is -0.660. The number of carboxylic acid groups (broad SMARTS) is 1. The Bertz CT molecular complexity index is 610. The Morgan fingerprint density at radius 2 is 1.85 bits per heavy atom. The third-order valence-corrected chi connectivity index (χ3v) is 4.40. The number of ether oxygens (including phenoxy) is 3. The van der Waals surface area contributed by atoms with Crippen molar-refractivity contribution < 1.29 is 28.9 Å². The first kappa shape index (κ1) is 21.0. The van der Waals surface area contributed by atoms with Gasteiger partial charge in [0.1, 0.15) is 0 Å². The molecule has 0 heterocycles. The van der Waals surface area contributed by atoms with Gasteiger partial charge in [0, 0.05) is 12.1 Å². The van der Waals surface area contributed by atoms with Gasteiger partial charge in [0.2, 0.25) is 0 Å². The van der Waals surface area contributed by atoms with Gasteiger partial charge in [-0.05, 0) is 38.0 Å². The molecule has 0 unspecified atom stereocenters. The maximum absolute atomic E-state index is 12.3. The first-order valence-electron chi connectivity index (χ1n) is 9.61. The van der Waals surface area contributed by atoms with Crippen molar-refractivity contribution in [1.29, 1.82) is 0 Å². The Morgan fingerprint density at radius 3 is 2.52 bits per heavy atom. The van der Waals surface area contributed by atoms with Crippen LogP contribution >= 0.6 is 0 Å². The lowest BCUT2D eigenvalue weighted by atomic mass is 10.1. The summed E-state index contributed by atoms with van der Waals surface area (Å²) in [6, 6.07) is 4.69. The Labute approximate surface area is 160 Å². The smallest absolute Gasteiger partial charge is 0.341 e. The van der Waals surface area contributed by atoms with E-state index in [1.807, 2.05) is 0 Å². The minimum atomic E-state index is -1.08. The minimum absolute atomic E-state index is 0.231. The maximum Gasteiger partial charge on any atom is 0.341 e. The van der Waals surface area contributed by atoms with E-state index in [0.717, 1.165) is 12.8 Å². The molecule has 1 amide bonds. The Morgan fingerprint density at radius 1 is 1.11 bits per heavy atom. The fourth-order valence-corrected chi connectivity index (χ4v) is 3.08. The third-order valence-electron chi connectivity index (χ3n) is 4.40. The molecule has 2 rings (SSSR count). The van der Waals surface area contributed by atoms with E-state index in [4.69, 9.17) is 19.3 Å². The summed E-state index contributed by atoms with van der Waals surface area (Å²) in [7, 11) is 0. The minimum Gasteiger partial charge on any atom is -0.490 e.